The molecule has 0 spiro atoms. The van der Waals surface area contributed by atoms with E-state index in [-0.39, 0.29) is 23.6 Å². The minimum absolute atomic E-state index is 0.116. The van der Waals surface area contributed by atoms with Crippen LogP contribution in [0, 0.1) is 6.92 Å². The van der Waals surface area contributed by atoms with Crippen LogP contribution in [0.4, 0.5) is 5.69 Å². The number of hydrogen-bond donors (Lipinski definition) is 2. The van der Waals surface area contributed by atoms with E-state index in [0.29, 0.717) is 38.8 Å². The summed E-state index contributed by atoms with van der Waals surface area (Å²) in [5.41, 5.74) is 1.97. The number of carbonyl (C=O) groups is 2. The molecule has 0 aliphatic rings. The number of aryl methyl sites for hydroxylation is 1. The van der Waals surface area contributed by atoms with Gasteiger partial charge in [-0.3, -0.25) is 9.59 Å². The SMILES string of the molecule is CCn1c(SCC(=O)Nc2cccc(Cl)c2Cl)nnc1[C@H](C)NC(=O)c1ccccc1C. The topological polar surface area (TPSA) is 88.9 Å². The van der Waals surface area contributed by atoms with E-state index in [2.05, 4.69) is 20.8 Å². The Kier molecular flexibility index (Phi) is 8.17. The van der Waals surface area contributed by atoms with Crippen LogP contribution in [0.15, 0.2) is 47.6 Å². The molecule has 2 aromatic carbocycles. The molecule has 0 unspecified atom stereocenters. The molecule has 2 amide bonds. The van der Waals surface area contributed by atoms with Crippen LogP contribution < -0.4 is 10.6 Å². The number of aromatic nitrogens is 3. The van der Waals surface area contributed by atoms with Crippen LogP contribution in [-0.4, -0.2) is 32.3 Å². The van der Waals surface area contributed by atoms with E-state index in [1.165, 1.54) is 11.8 Å². The Balaban J connectivity index is 1.65. The predicted octanol–water partition coefficient (Wildman–Crippen LogP) is 5.14. The van der Waals surface area contributed by atoms with Gasteiger partial charge < -0.3 is 15.2 Å². The highest BCUT2D eigenvalue weighted by molar-refractivity contribution is 7.99. The quantitative estimate of drug-likeness (QED) is 0.426. The summed E-state index contributed by atoms with van der Waals surface area (Å²) >= 11 is 13.4. The summed E-state index contributed by atoms with van der Waals surface area (Å²) in [6.07, 6.45) is 0. The first-order chi connectivity index (χ1) is 15.3. The van der Waals surface area contributed by atoms with E-state index < -0.39 is 0 Å². The van der Waals surface area contributed by atoms with E-state index in [9.17, 15) is 9.59 Å². The second kappa shape index (κ2) is 10.8. The Labute approximate surface area is 200 Å². The number of halogens is 2. The van der Waals surface area contributed by atoms with Crippen molar-refractivity contribution in [2.45, 2.75) is 38.5 Å². The summed E-state index contributed by atoms with van der Waals surface area (Å²) in [6.45, 7) is 6.30. The second-order valence-corrected chi connectivity index (χ2v) is 8.76. The number of anilines is 1. The lowest BCUT2D eigenvalue weighted by molar-refractivity contribution is -0.113. The second-order valence-electron chi connectivity index (χ2n) is 7.03. The molecule has 0 aliphatic carbocycles. The third-order valence-corrected chi connectivity index (χ3v) is 6.53. The maximum absolute atomic E-state index is 12.6. The van der Waals surface area contributed by atoms with Crippen molar-refractivity contribution in [1.29, 1.82) is 0 Å². The molecular formula is C22H23Cl2N5O2S. The van der Waals surface area contributed by atoms with Gasteiger partial charge in [0.25, 0.3) is 5.91 Å². The van der Waals surface area contributed by atoms with E-state index in [0.717, 1.165) is 5.56 Å². The first-order valence-electron chi connectivity index (χ1n) is 9.98. The molecule has 1 aromatic heterocycles. The summed E-state index contributed by atoms with van der Waals surface area (Å²) in [7, 11) is 0. The highest BCUT2D eigenvalue weighted by Crippen LogP contribution is 2.30. The largest absolute Gasteiger partial charge is 0.342 e. The zero-order valence-corrected chi connectivity index (χ0v) is 20.2. The summed E-state index contributed by atoms with van der Waals surface area (Å²) in [5.74, 6) is 0.320. The van der Waals surface area contributed by atoms with Gasteiger partial charge in [-0.25, -0.2) is 0 Å². The maximum Gasteiger partial charge on any atom is 0.252 e. The van der Waals surface area contributed by atoms with Gasteiger partial charge in [-0.15, -0.1) is 10.2 Å². The lowest BCUT2D eigenvalue weighted by atomic mass is 10.1. The molecule has 0 fully saturated rings. The number of carbonyl (C=O) groups excluding carboxylic acids is 2. The molecule has 3 rings (SSSR count). The zero-order chi connectivity index (χ0) is 23.3. The Bertz CT molecular complexity index is 1140. The van der Waals surface area contributed by atoms with E-state index in [1.54, 1.807) is 24.3 Å². The van der Waals surface area contributed by atoms with Crippen LogP contribution in [-0.2, 0) is 11.3 Å². The van der Waals surface area contributed by atoms with Crippen LogP contribution in [0.3, 0.4) is 0 Å². The van der Waals surface area contributed by atoms with Gasteiger partial charge in [0, 0.05) is 12.1 Å². The van der Waals surface area contributed by atoms with Gasteiger partial charge in [0.15, 0.2) is 11.0 Å². The van der Waals surface area contributed by atoms with Gasteiger partial charge in [-0.05, 0) is 44.5 Å². The summed E-state index contributed by atoms with van der Waals surface area (Å²) in [6, 6.07) is 12.1. The first-order valence-corrected chi connectivity index (χ1v) is 11.7. The van der Waals surface area contributed by atoms with E-state index >= 15 is 0 Å². The lowest BCUT2D eigenvalue weighted by Crippen LogP contribution is -2.29. The number of nitrogens with one attached hydrogen (secondary N) is 2. The van der Waals surface area contributed by atoms with Crippen LogP contribution >= 0.6 is 35.0 Å². The Morgan fingerprint density at radius 3 is 2.59 bits per heavy atom. The lowest BCUT2D eigenvalue weighted by Gasteiger charge is -2.16. The van der Waals surface area contributed by atoms with Crippen molar-refractivity contribution >= 4 is 52.5 Å². The Hall–Kier alpha value is -2.55. The van der Waals surface area contributed by atoms with Gasteiger partial charge >= 0.3 is 0 Å². The Morgan fingerprint density at radius 2 is 1.88 bits per heavy atom. The molecule has 0 saturated heterocycles. The molecule has 1 atom stereocenters. The fourth-order valence-corrected chi connectivity index (χ4v) is 4.26. The normalized spacial score (nSPS) is 11.8. The third-order valence-electron chi connectivity index (χ3n) is 4.74. The number of amides is 2. The van der Waals surface area contributed by atoms with Gasteiger partial charge in [0.2, 0.25) is 5.91 Å². The highest BCUT2D eigenvalue weighted by atomic mass is 35.5. The van der Waals surface area contributed by atoms with Crippen molar-refractivity contribution in [2.75, 3.05) is 11.1 Å². The molecule has 0 saturated carbocycles. The minimum Gasteiger partial charge on any atom is -0.342 e. The summed E-state index contributed by atoms with van der Waals surface area (Å²) in [4.78, 5) is 25.0. The van der Waals surface area contributed by atoms with Crippen molar-refractivity contribution in [1.82, 2.24) is 20.1 Å². The highest BCUT2D eigenvalue weighted by Gasteiger charge is 2.21. The maximum atomic E-state index is 12.6. The molecule has 168 valence electrons. The Morgan fingerprint density at radius 1 is 1.12 bits per heavy atom. The molecule has 7 nitrogen and oxygen atoms in total. The van der Waals surface area contributed by atoms with Gasteiger partial charge in [-0.1, -0.05) is 59.2 Å². The minimum atomic E-state index is -0.358. The number of nitrogens with zero attached hydrogens (tertiary/aromatic N) is 3. The average molecular weight is 492 g/mol. The fraction of sp³-hybridized carbons (Fsp3) is 0.273. The molecule has 10 heteroatoms. The standard InChI is InChI=1S/C22H23Cl2N5O2S/c1-4-29-20(14(3)25-21(31)15-9-6-5-8-13(15)2)27-28-22(29)32-12-18(30)26-17-11-7-10-16(23)19(17)24/h5-11,14H,4,12H2,1-3H3,(H,25,31)(H,26,30)/t14-/m0/s1. The zero-order valence-electron chi connectivity index (χ0n) is 17.9. The molecular weight excluding hydrogens is 469 g/mol. The van der Waals surface area contributed by atoms with Crippen LogP contribution in [0.25, 0.3) is 0 Å². The monoisotopic (exact) mass is 491 g/mol. The van der Waals surface area contributed by atoms with Crippen molar-refractivity contribution in [3.8, 4) is 0 Å². The van der Waals surface area contributed by atoms with Crippen molar-refractivity contribution in [3.63, 3.8) is 0 Å². The van der Waals surface area contributed by atoms with Gasteiger partial charge in [-0.2, -0.15) is 0 Å². The number of rotatable bonds is 8. The van der Waals surface area contributed by atoms with Crippen molar-refractivity contribution < 1.29 is 9.59 Å². The van der Waals surface area contributed by atoms with Crippen LogP contribution in [0.1, 0.15) is 41.6 Å². The molecule has 0 bridgehead atoms. The molecule has 2 N–H and O–H groups in total. The molecule has 3 aromatic rings. The first kappa shape index (κ1) is 24.1. The summed E-state index contributed by atoms with van der Waals surface area (Å²) < 4.78 is 1.88. The smallest absolute Gasteiger partial charge is 0.252 e. The van der Waals surface area contributed by atoms with Crippen molar-refractivity contribution in [3.05, 3.63) is 69.5 Å². The van der Waals surface area contributed by atoms with Crippen LogP contribution in [0.2, 0.25) is 10.0 Å². The average Bonchev–Trinajstić information content (AvgIpc) is 3.19. The number of benzene rings is 2. The third kappa shape index (κ3) is 5.62. The molecule has 0 radical (unpaired) electrons. The van der Waals surface area contributed by atoms with Crippen molar-refractivity contribution in [2.24, 2.45) is 0 Å². The van der Waals surface area contributed by atoms with Crippen LogP contribution in [0.5, 0.6) is 0 Å². The fourth-order valence-electron chi connectivity index (χ4n) is 3.11. The van der Waals surface area contributed by atoms with E-state index in [4.69, 9.17) is 23.2 Å². The molecule has 32 heavy (non-hydrogen) atoms. The number of hydrogen-bond acceptors (Lipinski definition) is 5. The summed E-state index contributed by atoms with van der Waals surface area (Å²) in [5, 5.41) is 15.4. The predicted molar refractivity (Wildman–Crippen MR) is 129 cm³/mol. The molecule has 1 heterocycles. The number of thioether (sulfide) groups is 1. The van der Waals surface area contributed by atoms with Gasteiger partial charge in [0.1, 0.15) is 0 Å². The molecule has 0 aliphatic heterocycles. The van der Waals surface area contributed by atoms with Gasteiger partial charge in [0.05, 0.1) is 27.5 Å². The van der Waals surface area contributed by atoms with E-state index in [1.807, 2.05) is 43.5 Å².